The van der Waals surface area contributed by atoms with Crippen molar-refractivity contribution in [3.8, 4) is 0 Å². The summed E-state index contributed by atoms with van der Waals surface area (Å²) in [7, 11) is 0. The average molecular weight is 374 g/mol. The van der Waals surface area contributed by atoms with Gasteiger partial charge in [0, 0.05) is 18.3 Å². The van der Waals surface area contributed by atoms with Crippen molar-refractivity contribution in [2.24, 2.45) is 0 Å². The molecule has 0 unspecified atom stereocenters. The molecule has 0 aliphatic heterocycles. The van der Waals surface area contributed by atoms with Gasteiger partial charge in [0.15, 0.2) is 0 Å². The first-order valence-electron chi connectivity index (χ1n) is 11.1. The number of allylic oxidation sites excluding steroid dienone is 5. The number of hydrogen-bond acceptors (Lipinski definition) is 3. The zero-order chi connectivity index (χ0) is 19.6. The van der Waals surface area contributed by atoms with Crippen LogP contribution < -0.4 is 5.32 Å². The highest BCUT2D eigenvalue weighted by Gasteiger charge is 2.12. The molecule has 0 aromatic rings. The average Bonchev–Trinajstić information content (AvgIpc) is 2.67. The number of hydrogen-bond donors (Lipinski definition) is 1. The molecule has 1 N–H and O–H groups in total. The summed E-state index contributed by atoms with van der Waals surface area (Å²) in [5.74, 6) is -0.862. The maximum absolute atomic E-state index is 11.3. The highest BCUT2D eigenvalue weighted by Crippen LogP contribution is 2.10. The first-order valence-corrected chi connectivity index (χ1v) is 11.1. The van der Waals surface area contributed by atoms with E-state index >= 15 is 0 Å². The number of carbonyl (C=O) groups is 2. The van der Waals surface area contributed by atoms with Crippen LogP contribution in [0, 0.1) is 0 Å². The van der Waals surface area contributed by atoms with Gasteiger partial charge in [0.2, 0.25) is 11.6 Å². The Morgan fingerprint density at radius 3 is 1.85 bits per heavy atom. The van der Waals surface area contributed by atoms with Gasteiger partial charge in [0.25, 0.3) is 0 Å². The highest BCUT2D eigenvalue weighted by atomic mass is 16.2. The Balaban J connectivity index is 1.81. The molecule has 27 heavy (non-hydrogen) atoms. The fraction of sp³-hybridized carbons (Fsp3) is 0.667. The Kier molecular flexibility index (Phi) is 14.3. The van der Waals surface area contributed by atoms with Gasteiger partial charge >= 0.3 is 0 Å². The second-order valence-electron chi connectivity index (χ2n) is 7.53. The maximum Gasteiger partial charge on any atom is 0.227 e. The third-order valence-corrected chi connectivity index (χ3v) is 4.96. The van der Waals surface area contributed by atoms with Gasteiger partial charge in [-0.25, -0.2) is 0 Å². The fourth-order valence-corrected chi connectivity index (χ4v) is 3.22. The molecule has 0 saturated carbocycles. The van der Waals surface area contributed by atoms with Crippen LogP contribution in [0.2, 0.25) is 0 Å². The van der Waals surface area contributed by atoms with Crippen molar-refractivity contribution in [3.05, 3.63) is 36.1 Å². The van der Waals surface area contributed by atoms with E-state index in [0.29, 0.717) is 0 Å². The molecule has 3 nitrogen and oxygen atoms in total. The zero-order valence-corrected chi connectivity index (χ0v) is 17.3. The Hall–Kier alpha value is -1.64. The fourth-order valence-electron chi connectivity index (χ4n) is 3.22. The summed E-state index contributed by atoms with van der Waals surface area (Å²) < 4.78 is 0. The molecule has 0 amide bonds. The molecule has 1 aliphatic carbocycles. The Morgan fingerprint density at radius 1 is 0.704 bits per heavy atom. The van der Waals surface area contributed by atoms with E-state index in [1.54, 1.807) is 6.08 Å². The predicted molar refractivity (Wildman–Crippen MR) is 115 cm³/mol. The third-order valence-electron chi connectivity index (χ3n) is 4.96. The molecule has 0 aromatic heterocycles. The van der Waals surface area contributed by atoms with E-state index in [0.717, 1.165) is 18.7 Å². The molecule has 0 saturated heterocycles. The molecular weight excluding hydrogens is 334 g/mol. The first kappa shape index (κ1) is 23.4. The summed E-state index contributed by atoms with van der Waals surface area (Å²) in [6, 6.07) is 0. The van der Waals surface area contributed by atoms with Gasteiger partial charge in [0.1, 0.15) is 0 Å². The molecule has 0 radical (unpaired) electrons. The van der Waals surface area contributed by atoms with Crippen molar-refractivity contribution >= 4 is 11.6 Å². The van der Waals surface area contributed by atoms with Crippen LogP contribution in [0.1, 0.15) is 96.8 Å². The SMILES string of the molecule is CCCCCCCC/C=C\CCCCCCCCNC1=CC(=O)C(=O)C=C1. The lowest BCUT2D eigenvalue weighted by Gasteiger charge is -2.09. The van der Waals surface area contributed by atoms with Crippen LogP contribution in [0.25, 0.3) is 0 Å². The summed E-state index contributed by atoms with van der Waals surface area (Å²) in [6.07, 6.45) is 27.4. The summed E-state index contributed by atoms with van der Waals surface area (Å²) in [5.41, 5.74) is 0.757. The number of unbranched alkanes of at least 4 members (excludes halogenated alkanes) is 12. The molecule has 3 heteroatoms. The quantitative estimate of drug-likeness (QED) is 0.143. The van der Waals surface area contributed by atoms with E-state index < -0.39 is 11.6 Å². The second-order valence-corrected chi connectivity index (χ2v) is 7.53. The van der Waals surface area contributed by atoms with Crippen LogP contribution in [-0.4, -0.2) is 18.1 Å². The molecule has 0 bridgehead atoms. The molecule has 0 heterocycles. The summed E-state index contributed by atoms with van der Waals surface area (Å²) in [6.45, 7) is 3.13. The summed E-state index contributed by atoms with van der Waals surface area (Å²) in [5, 5.41) is 3.21. The Morgan fingerprint density at radius 2 is 1.26 bits per heavy atom. The zero-order valence-electron chi connectivity index (χ0n) is 17.3. The van der Waals surface area contributed by atoms with E-state index in [9.17, 15) is 9.59 Å². The predicted octanol–water partition coefficient (Wildman–Crippen LogP) is 6.21. The maximum atomic E-state index is 11.3. The van der Waals surface area contributed by atoms with Crippen LogP contribution in [0.4, 0.5) is 0 Å². The lowest BCUT2D eigenvalue weighted by molar-refractivity contribution is -0.131. The van der Waals surface area contributed by atoms with Crippen molar-refractivity contribution in [1.82, 2.24) is 5.32 Å². The van der Waals surface area contributed by atoms with Crippen LogP contribution in [0.5, 0.6) is 0 Å². The van der Waals surface area contributed by atoms with Gasteiger partial charge in [-0.2, -0.15) is 0 Å². The number of ketones is 2. The van der Waals surface area contributed by atoms with Gasteiger partial charge in [-0.1, -0.05) is 76.9 Å². The summed E-state index contributed by atoms with van der Waals surface area (Å²) in [4.78, 5) is 22.3. The van der Waals surface area contributed by atoms with Gasteiger partial charge in [-0.3, -0.25) is 9.59 Å². The first-order chi connectivity index (χ1) is 13.2. The molecule has 0 spiro atoms. The Bertz CT molecular complexity index is 503. The van der Waals surface area contributed by atoms with Crippen molar-refractivity contribution in [3.63, 3.8) is 0 Å². The monoisotopic (exact) mass is 373 g/mol. The van der Waals surface area contributed by atoms with Gasteiger partial charge in [0.05, 0.1) is 0 Å². The molecule has 0 atom stereocenters. The van der Waals surface area contributed by atoms with E-state index in [4.69, 9.17) is 0 Å². The Labute approximate surface area is 166 Å². The third kappa shape index (κ3) is 13.2. The van der Waals surface area contributed by atoms with E-state index in [1.807, 2.05) is 0 Å². The lowest BCUT2D eigenvalue weighted by atomic mass is 10.1. The number of carbonyl (C=O) groups excluding carboxylic acids is 2. The topological polar surface area (TPSA) is 46.2 Å². The minimum Gasteiger partial charge on any atom is -0.385 e. The van der Waals surface area contributed by atoms with Crippen molar-refractivity contribution in [1.29, 1.82) is 0 Å². The van der Waals surface area contributed by atoms with Gasteiger partial charge in [-0.15, -0.1) is 0 Å². The molecule has 0 aromatic carbocycles. The van der Waals surface area contributed by atoms with Crippen molar-refractivity contribution < 1.29 is 9.59 Å². The molecule has 0 fully saturated rings. The molecule has 1 aliphatic rings. The normalized spacial score (nSPS) is 14.2. The highest BCUT2D eigenvalue weighted by molar-refractivity contribution is 6.46. The van der Waals surface area contributed by atoms with Crippen LogP contribution >= 0.6 is 0 Å². The smallest absolute Gasteiger partial charge is 0.227 e. The number of rotatable bonds is 17. The van der Waals surface area contributed by atoms with Crippen LogP contribution in [-0.2, 0) is 9.59 Å². The van der Waals surface area contributed by atoms with E-state index in [1.165, 1.54) is 95.6 Å². The standard InChI is InChI=1S/C24H39NO2/c1-2-3-4-5-6-7-8-9-10-11-12-13-14-15-16-17-20-25-22-18-19-23(26)24(27)21-22/h9-10,18-19,21,25H,2-8,11-17,20H2,1H3/b10-9-. The minimum atomic E-state index is -0.433. The van der Waals surface area contributed by atoms with E-state index in [2.05, 4.69) is 24.4 Å². The minimum absolute atomic E-state index is 0.430. The van der Waals surface area contributed by atoms with Crippen LogP contribution in [0.15, 0.2) is 36.1 Å². The van der Waals surface area contributed by atoms with Crippen LogP contribution in [0.3, 0.4) is 0 Å². The lowest BCUT2D eigenvalue weighted by Crippen LogP contribution is -2.20. The number of nitrogens with one attached hydrogen (secondary N) is 1. The second kappa shape index (κ2) is 16.5. The van der Waals surface area contributed by atoms with Crippen molar-refractivity contribution in [2.45, 2.75) is 96.8 Å². The van der Waals surface area contributed by atoms with Gasteiger partial charge < -0.3 is 5.32 Å². The van der Waals surface area contributed by atoms with Gasteiger partial charge in [-0.05, 0) is 44.3 Å². The molecular formula is C24H39NO2. The molecule has 1 rings (SSSR count). The van der Waals surface area contributed by atoms with E-state index in [-0.39, 0.29) is 0 Å². The molecule has 152 valence electrons. The largest absolute Gasteiger partial charge is 0.385 e. The summed E-state index contributed by atoms with van der Waals surface area (Å²) >= 11 is 0. The van der Waals surface area contributed by atoms with Crippen molar-refractivity contribution in [2.75, 3.05) is 6.54 Å².